The van der Waals surface area contributed by atoms with Crippen molar-refractivity contribution in [3.63, 3.8) is 0 Å². The number of hydrogen-bond acceptors (Lipinski definition) is 5. The molecule has 0 saturated carbocycles. The molecule has 0 aliphatic rings. The minimum absolute atomic E-state index is 0.235. The number of esters is 1. The third kappa shape index (κ3) is 5.43. The molecule has 126 valence electrons. The first-order valence-corrected chi connectivity index (χ1v) is 7.93. The van der Waals surface area contributed by atoms with E-state index < -0.39 is 0 Å². The fourth-order valence-corrected chi connectivity index (χ4v) is 2.23. The van der Waals surface area contributed by atoms with Crippen LogP contribution in [0.3, 0.4) is 0 Å². The summed E-state index contributed by atoms with van der Waals surface area (Å²) in [6.45, 7) is 2.15. The lowest BCUT2D eigenvalue weighted by Gasteiger charge is -2.08. The summed E-state index contributed by atoms with van der Waals surface area (Å²) in [4.78, 5) is 11.3. The Morgan fingerprint density at radius 3 is 2.29 bits per heavy atom. The molecule has 0 aliphatic heterocycles. The van der Waals surface area contributed by atoms with Crippen LogP contribution in [0.4, 0.5) is 0 Å². The van der Waals surface area contributed by atoms with Gasteiger partial charge in [-0.15, -0.1) is 0 Å². The van der Waals surface area contributed by atoms with Crippen molar-refractivity contribution in [3.8, 4) is 11.5 Å². The van der Waals surface area contributed by atoms with E-state index in [1.165, 1.54) is 0 Å². The lowest BCUT2D eigenvalue weighted by molar-refractivity contribution is -0.143. The molecule has 0 fully saturated rings. The van der Waals surface area contributed by atoms with Crippen molar-refractivity contribution in [2.45, 2.75) is 26.2 Å². The summed E-state index contributed by atoms with van der Waals surface area (Å²) < 4.78 is 10.6. The zero-order chi connectivity index (χ0) is 17.2. The highest BCUT2D eigenvalue weighted by atomic mass is 16.5. The number of nitrogens with zero attached hydrogens (tertiary/aromatic N) is 1. The molecule has 0 aliphatic carbocycles. The molecule has 0 saturated heterocycles. The Kier molecular flexibility index (Phi) is 6.83. The third-order valence-corrected chi connectivity index (χ3v) is 3.39. The number of hydrogen-bond donors (Lipinski definition) is 1. The van der Waals surface area contributed by atoms with Gasteiger partial charge in [-0.3, -0.25) is 4.79 Å². The molecule has 0 unspecified atom stereocenters. The molecule has 5 heteroatoms. The average Bonchev–Trinajstić information content (AvgIpc) is 2.61. The molecular weight excluding hydrogens is 306 g/mol. The number of ether oxygens (including phenoxy) is 2. The number of benzene rings is 2. The standard InChI is InChI=1S/C19H21NO4/c1-2-23-19(21)10-6-9-18(20-22)15-11-13-17(14-12-15)24-16-7-4-3-5-8-16/h3-5,7-8,11-14,22H,2,6,9-10H2,1H3/b20-18-. The van der Waals surface area contributed by atoms with Crippen LogP contribution in [0, 0.1) is 0 Å². The van der Waals surface area contributed by atoms with Crippen LogP contribution in [-0.2, 0) is 9.53 Å². The van der Waals surface area contributed by atoms with Gasteiger partial charge in [0, 0.05) is 6.42 Å². The van der Waals surface area contributed by atoms with E-state index >= 15 is 0 Å². The van der Waals surface area contributed by atoms with E-state index in [4.69, 9.17) is 9.47 Å². The Morgan fingerprint density at radius 1 is 1.00 bits per heavy atom. The SMILES string of the molecule is CCOC(=O)CCC/C(=N/O)c1ccc(Oc2ccccc2)cc1. The molecule has 2 aromatic carbocycles. The maximum atomic E-state index is 11.3. The molecule has 0 radical (unpaired) electrons. The minimum Gasteiger partial charge on any atom is -0.466 e. The average molecular weight is 327 g/mol. The summed E-state index contributed by atoms with van der Waals surface area (Å²) in [5.74, 6) is 1.23. The Labute approximate surface area is 141 Å². The Balaban J connectivity index is 1.91. The van der Waals surface area contributed by atoms with E-state index in [9.17, 15) is 10.0 Å². The van der Waals surface area contributed by atoms with Gasteiger partial charge in [0.2, 0.25) is 0 Å². The monoisotopic (exact) mass is 327 g/mol. The van der Waals surface area contributed by atoms with Crippen molar-refractivity contribution in [2.75, 3.05) is 6.61 Å². The Morgan fingerprint density at radius 2 is 1.67 bits per heavy atom. The van der Waals surface area contributed by atoms with Gasteiger partial charge in [-0.1, -0.05) is 23.4 Å². The summed E-state index contributed by atoms with van der Waals surface area (Å²) >= 11 is 0. The zero-order valence-corrected chi connectivity index (χ0v) is 13.6. The summed E-state index contributed by atoms with van der Waals surface area (Å²) in [5.41, 5.74) is 1.33. The van der Waals surface area contributed by atoms with Crippen LogP contribution in [0.5, 0.6) is 11.5 Å². The highest BCUT2D eigenvalue weighted by molar-refractivity contribution is 6.00. The topological polar surface area (TPSA) is 68.1 Å². The van der Waals surface area contributed by atoms with Gasteiger partial charge in [-0.05, 0) is 61.7 Å². The van der Waals surface area contributed by atoms with Crippen LogP contribution in [0.25, 0.3) is 0 Å². The van der Waals surface area contributed by atoms with E-state index in [2.05, 4.69) is 5.16 Å². The van der Waals surface area contributed by atoms with Gasteiger partial charge < -0.3 is 14.7 Å². The Hall–Kier alpha value is -2.82. The molecule has 0 bridgehead atoms. The number of oxime groups is 1. The van der Waals surface area contributed by atoms with Gasteiger partial charge >= 0.3 is 5.97 Å². The van der Waals surface area contributed by atoms with Crippen LogP contribution in [0.2, 0.25) is 0 Å². The fraction of sp³-hybridized carbons (Fsp3) is 0.263. The molecule has 5 nitrogen and oxygen atoms in total. The van der Waals surface area contributed by atoms with E-state index in [0.717, 1.165) is 11.3 Å². The maximum absolute atomic E-state index is 11.3. The maximum Gasteiger partial charge on any atom is 0.305 e. The van der Waals surface area contributed by atoms with E-state index in [1.54, 1.807) is 6.92 Å². The Bertz CT molecular complexity index is 666. The van der Waals surface area contributed by atoms with Gasteiger partial charge in [0.1, 0.15) is 11.5 Å². The van der Waals surface area contributed by atoms with Gasteiger partial charge in [-0.2, -0.15) is 0 Å². The lowest BCUT2D eigenvalue weighted by Crippen LogP contribution is -2.06. The van der Waals surface area contributed by atoms with Crippen LogP contribution in [-0.4, -0.2) is 23.5 Å². The number of rotatable bonds is 8. The first kappa shape index (κ1) is 17.5. The second-order valence-electron chi connectivity index (χ2n) is 5.14. The highest BCUT2D eigenvalue weighted by Crippen LogP contribution is 2.22. The van der Waals surface area contributed by atoms with Gasteiger partial charge in [0.15, 0.2) is 0 Å². The molecule has 0 heterocycles. The molecular formula is C19H21NO4. The van der Waals surface area contributed by atoms with Crippen molar-refractivity contribution in [1.29, 1.82) is 0 Å². The number of para-hydroxylation sites is 1. The van der Waals surface area contributed by atoms with Crippen LogP contribution < -0.4 is 4.74 Å². The third-order valence-electron chi connectivity index (χ3n) is 3.39. The summed E-state index contributed by atoms with van der Waals surface area (Å²) in [6, 6.07) is 16.8. The first-order chi connectivity index (χ1) is 11.7. The molecule has 2 rings (SSSR count). The fourth-order valence-electron chi connectivity index (χ4n) is 2.23. The van der Waals surface area contributed by atoms with E-state index in [-0.39, 0.29) is 5.97 Å². The molecule has 0 atom stereocenters. The zero-order valence-electron chi connectivity index (χ0n) is 13.6. The molecule has 0 aromatic heterocycles. The molecule has 0 spiro atoms. The highest BCUT2D eigenvalue weighted by Gasteiger charge is 2.08. The van der Waals surface area contributed by atoms with Gasteiger partial charge in [0.25, 0.3) is 0 Å². The smallest absolute Gasteiger partial charge is 0.305 e. The summed E-state index contributed by atoms with van der Waals surface area (Å²) in [6.07, 6.45) is 1.37. The lowest BCUT2D eigenvalue weighted by atomic mass is 10.0. The predicted octanol–water partition coefficient (Wildman–Crippen LogP) is 4.39. The normalized spacial score (nSPS) is 11.1. The van der Waals surface area contributed by atoms with Crippen LogP contribution in [0.1, 0.15) is 31.7 Å². The van der Waals surface area contributed by atoms with E-state index in [1.807, 2.05) is 54.6 Å². The van der Waals surface area contributed by atoms with Crippen molar-refractivity contribution >= 4 is 11.7 Å². The van der Waals surface area contributed by atoms with Crippen molar-refractivity contribution in [1.82, 2.24) is 0 Å². The van der Waals surface area contributed by atoms with Crippen molar-refractivity contribution in [3.05, 3.63) is 60.2 Å². The van der Waals surface area contributed by atoms with E-state index in [0.29, 0.717) is 37.3 Å². The van der Waals surface area contributed by atoms with Gasteiger partial charge in [0.05, 0.1) is 12.3 Å². The number of carbonyl (C=O) groups is 1. The molecule has 1 N–H and O–H groups in total. The number of carbonyl (C=O) groups excluding carboxylic acids is 1. The van der Waals surface area contributed by atoms with Crippen LogP contribution >= 0.6 is 0 Å². The molecule has 24 heavy (non-hydrogen) atoms. The quantitative estimate of drug-likeness (QED) is 0.338. The predicted molar refractivity (Wildman–Crippen MR) is 91.8 cm³/mol. The largest absolute Gasteiger partial charge is 0.466 e. The molecule has 2 aromatic rings. The summed E-state index contributed by atoms with van der Waals surface area (Å²) in [5, 5.41) is 12.5. The second kappa shape index (κ2) is 9.35. The van der Waals surface area contributed by atoms with Gasteiger partial charge in [-0.25, -0.2) is 0 Å². The van der Waals surface area contributed by atoms with Crippen molar-refractivity contribution in [2.24, 2.45) is 5.16 Å². The summed E-state index contributed by atoms with van der Waals surface area (Å²) in [7, 11) is 0. The molecule has 0 amide bonds. The minimum atomic E-state index is -0.235. The van der Waals surface area contributed by atoms with Crippen LogP contribution in [0.15, 0.2) is 59.8 Å². The first-order valence-electron chi connectivity index (χ1n) is 7.93. The van der Waals surface area contributed by atoms with Crippen molar-refractivity contribution < 1.29 is 19.5 Å². The second-order valence-corrected chi connectivity index (χ2v) is 5.14.